The number of nitrogens with two attached hydrogens (primary N) is 1. The molecule has 1 aromatic rings. The van der Waals surface area contributed by atoms with Gasteiger partial charge in [0.2, 0.25) is 0 Å². The molecule has 0 amide bonds. The summed E-state index contributed by atoms with van der Waals surface area (Å²) >= 11 is 1.50. The van der Waals surface area contributed by atoms with Crippen LogP contribution >= 0.6 is 11.3 Å². The second-order valence-corrected chi connectivity index (χ2v) is 2.28. The minimum atomic E-state index is 0.590. The quantitative estimate of drug-likeness (QED) is 0.611. The average Bonchev–Trinajstić information content (AvgIpc) is 2.12. The molecular formula is C5H6N2S. The Labute approximate surface area is 51.7 Å². The molecular weight excluding hydrogens is 120 g/mol. The van der Waals surface area contributed by atoms with Gasteiger partial charge in [-0.3, -0.25) is 4.98 Å². The van der Waals surface area contributed by atoms with Crippen LogP contribution in [-0.2, 0) is 0 Å². The minimum absolute atomic E-state index is 0.590. The summed E-state index contributed by atoms with van der Waals surface area (Å²) in [6, 6.07) is 0. The predicted molar refractivity (Wildman–Crippen MR) is 35.3 cm³/mol. The van der Waals surface area contributed by atoms with Crippen LogP contribution in [0.15, 0.2) is 18.3 Å². The predicted octanol–water partition coefficient (Wildman–Crippen LogP) is 1.07. The third kappa shape index (κ3) is 0.869. The Morgan fingerprint density at radius 1 is 1.88 bits per heavy atom. The lowest BCUT2D eigenvalue weighted by atomic mass is 10.5. The molecule has 0 aromatic carbocycles. The molecule has 42 valence electrons. The Balaban J connectivity index is 2.93. The van der Waals surface area contributed by atoms with E-state index in [9.17, 15) is 0 Å². The molecule has 1 heterocycles. The molecule has 0 atom stereocenters. The highest BCUT2D eigenvalue weighted by molar-refractivity contribution is 7.10. The lowest BCUT2D eigenvalue weighted by molar-refractivity contribution is 1.41. The highest BCUT2D eigenvalue weighted by Gasteiger charge is 1.91. The molecule has 0 bridgehead atoms. The van der Waals surface area contributed by atoms with E-state index in [1.165, 1.54) is 11.3 Å². The molecule has 0 saturated heterocycles. The maximum atomic E-state index is 5.33. The van der Waals surface area contributed by atoms with E-state index in [4.69, 9.17) is 5.73 Å². The van der Waals surface area contributed by atoms with E-state index in [0.717, 1.165) is 4.88 Å². The molecule has 3 heteroatoms. The number of thiazole rings is 1. The molecule has 2 N–H and O–H groups in total. The summed E-state index contributed by atoms with van der Waals surface area (Å²) in [6.07, 6.45) is 1.70. The van der Waals surface area contributed by atoms with Gasteiger partial charge in [0.05, 0.1) is 10.4 Å². The molecule has 0 fully saturated rings. The summed E-state index contributed by atoms with van der Waals surface area (Å²) in [5.41, 5.74) is 7.65. The number of aromatic nitrogens is 1. The first-order chi connectivity index (χ1) is 3.80. The largest absolute Gasteiger partial charge is 0.398 e. The van der Waals surface area contributed by atoms with Crippen molar-refractivity contribution < 1.29 is 0 Å². The van der Waals surface area contributed by atoms with Gasteiger partial charge < -0.3 is 5.73 Å². The van der Waals surface area contributed by atoms with Gasteiger partial charge in [0, 0.05) is 11.9 Å². The summed E-state index contributed by atoms with van der Waals surface area (Å²) in [6.45, 7) is 3.55. The first-order valence-electron chi connectivity index (χ1n) is 2.14. The van der Waals surface area contributed by atoms with Crippen LogP contribution in [0.4, 0.5) is 0 Å². The zero-order valence-electron chi connectivity index (χ0n) is 4.29. The van der Waals surface area contributed by atoms with Gasteiger partial charge >= 0.3 is 0 Å². The molecule has 8 heavy (non-hydrogen) atoms. The van der Waals surface area contributed by atoms with Gasteiger partial charge in [-0.25, -0.2) is 0 Å². The Hall–Kier alpha value is -0.830. The molecule has 0 radical (unpaired) electrons. The van der Waals surface area contributed by atoms with E-state index in [2.05, 4.69) is 11.6 Å². The maximum Gasteiger partial charge on any atom is 0.0798 e. The van der Waals surface area contributed by atoms with Gasteiger partial charge in [0.1, 0.15) is 0 Å². The molecule has 1 rings (SSSR count). The van der Waals surface area contributed by atoms with E-state index in [1.54, 1.807) is 11.7 Å². The number of nitrogens with zero attached hydrogens (tertiary/aromatic N) is 1. The van der Waals surface area contributed by atoms with Crippen LogP contribution in [-0.4, -0.2) is 4.98 Å². The Morgan fingerprint density at radius 3 is 2.88 bits per heavy atom. The smallest absolute Gasteiger partial charge is 0.0798 e. The molecule has 0 aliphatic carbocycles. The van der Waals surface area contributed by atoms with Gasteiger partial charge in [-0.1, -0.05) is 6.58 Å². The van der Waals surface area contributed by atoms with Crippen LogP contribution in [0.1, 0.15) is 4.88 Å². The van der Waals surface area contributed by atoms with Crippen LogP contribution in [0.25, 0.3) is 5.70 Å². The standard InChI is InChI=1S/C5H6N2S/c1-4(6)5-2-7-3-8-5/h2-3H,1,6H2. The van der Waals surface area contributed by atoms with Crippen molar-refractivity contribution in [2.75, 3.05) is 0 Å². The van der Waals surface area contributed by atoms with Crippen LogP contribution < -0.4 is 5.73 Å². The summed E-state index contributed by atoms with van der Waals surface area (Å²) in [7, 11) is 0. The lowest BCUT2D eigenvalue weighted by Gasteiger charge is -1.86. The Bertz CT molecular complexity index is 178. The van der Waals surface area contributed by atoms with Gasteiger partial charge in [0.15, 0.2) is 0 Å². The van der Waals surface area contributed by atoms with Crippen molar-refractivity contribution in [1.82, 2.24) is 4.98 Å². The molecule has 1 aromatic heterocycles. The minimum Gasteiger partial charge on any atom is -0.398 e. The van der Waals surface area contributed by atoms with Gasteiger partial charge in [0.25, 0.3) is 0 Å². The highest BCUT2D eigenvalue weighted by atomic mass is 32.1. The first kappa shape index (κ1) is 5.31. The summed E-state index contributed by atoms with van der Waals surface area (Å²) in [5.74, 6) is 0. The summed E-state index contributed by atoms with van der Waals surface area (Å²) < 4.78 is 0. The van der Waals surface area contributed by atoms with E-state index in [-0.39, 0.29) is 0 Å². The van der Waals surface area contributed by atoms with E-state index >= 15 is 0 Å². The van der Waals surface area contributed by atoms with Crippen molar-refractivity contribution in [2.24, 2.45) is 5.73 Å². The zero-order chi connectivity index (χ0) is 5.98. The topological polar surface area (TPSA) is 38.9 Å². The number of hydrogen-bond acceptors (Lipinski definition) is 3. The van der Waals surface area contributed by atoms with Crippen molar-refractivity contribution in [3.05, 3.63) is 23.2 Å². The van der Waals surface area contributed by atoms with Crippen molar-refractivity contribution >= 4 is 17.0 Å². The van der Waals surface area contributed by atoms with E-state index in [1.807, 2.05) is 0 Å². The molecule has 2 nitrogen and oxygen atoms in total. The first-order valence-corrected chi connectivity index (χ1v) is 3.02. The fourth-order valence-corrected chi connectivity index (χ4v) is 0.883. The van der Waals surface area contributed by atoms with Crippen molar-refractivity contribution in [3.63, 3.8) is 0 Å². The van der Waals surface area contributed by atoms with Crippen LogP contribution in [0.3, 0.4) is 0 Å². The molecule has 0 aliphatic heterocycles. The fourth-order valence-electron chi connectivity index (χ4n) is 0.374. The third-order valence-electron chi connectivity index (χ3n) is 0.749. The van der Waals surface area contributed by atoms with E-state index in [0.29, 0.717) is 5.70 Å². The molecule has 0 aliphatic rings. The lowest BCUT2D eigenvalue weighted by Crippen LogP contribution is -1.88. The normalized spacial score (nSPS) is 9.00. The van der Waals surface area contributed by atoms with Crippen molar-refractivity contribution in [3.8, 4) is 0 Å². The fraction of sp³-hybridized carbons (Fsp3) is 0. The van der Waals surface area contributed by atoms with Gasteiger partial charge in [-0.15, -0.1) is 11.3 Å². The second kappa shape index (κ2) is 1.96. The Kier molecular flexibility index (Phi) is 1.30. The number of rotatable bonds is 1. The zero-order valence-corrected chi connectivity index (χ0v) is 5.11. The summed E-state index contributed by atoms with van der Waals surface area (Å²) in [5, 5.41) is 0. The maximum absolute atomic E-state index is 5.33. The third-order valence-corrected chi connectivity index (χ3v) is 1.60. The average molecular weight is 126 g/mol. The molecule has 0 unspecified atom stereocenters. The monoisotopic (exact) mass is 126 g/mol. The van der Waals surface area contributed by atoms with Crippen LogP contribution in [0.5, 0.6) is 0 Å². The van der Waals surface area contributed by atoms with Gasteiger partial charge in [-0.2, -0.15) is 0 Å². The van der Waals surface area contributed by atoms with E-state index < -0.39 is 0 Å². The SMILES string of the molecule is C=C(N)c1cncs1. The molecule has 0 saturated carbocycles. The molecule has 0 spiro atoms. The Morgan fingerprint density at radius 2 is 2.62 bits per heavy atom. The van der Waals surface area contributed by atoms with Crippen LogP contribution in [0.2, 0.25) is 0 Å². The van der Waals surface area contributed by atoms with Gasteiger partial charge in [-0.05, 0) is 0 Å². The number of hydrogen-bond donors (Lipinski definition) is 1. The van der Waals surface area contributed by atoms with Crippen molar-refractivity contribution in [2.45, 2.75) is 0 Å². The van der Waals surface area contributed by atoms with Crippen LogP contribution in [0, 0.1) is 0 Å². The van der Waals surface area contributed by atoms with Crippen molar-refractivity contribution in [1.29, 1.82) is 0 Å². The summed E-state index contributed by atoms with van der Waals surface area (Å²) in [4.78, 5) is 4.77. The highest BCUT2D eigenvalue weighted by Crippen LogP contribution is 2.10. The second-order valence-electron chi connectivity index (χ2n) is 1.39.